The van der Waals surface area contributed by atoms with Crippen molar-refractivity contribution in [2.24, 2.45) is 4.99 Å². The molecule has 1 aliphatic heterocycles. The van der Waals surface area contributed by atoms with Gasteiger partial charge >= 0.3 is 0 Å². The van der Waals surface area contributed by atoms with Crippen molar-refractivity contribution < 1.29 is 9.84 Å². The number of methoxy groups -OCH3 is 1. The molecular formula is C22H38N4O2. The maximum Gasteiger partial charge on any atom is 0.191 e. The molecule has 2 rings (SSSR count). The summed E-state index contributed by atoms with van der Waals surface area (Å²) in [4.78, 5) is 7.18. The zero-order chi connectivity index (χ0) is 20.4. The van der Waals surface area contributed by atoms with Gasteiger partial charge in [0, 0.05) is 13.1 Å². The van der Waals surface area contributed by atoms with Gasteiger partial charge in [0.25, 0.3) is 0 Å². The van der Waals surface area contributed by atoms with Gasteiger partial charge < -0.3 is 20.5 Å². The average Bonchev–Trinajstić information content (AvgIpc) is 3.26. The van der Waals surface area contributed by atoms with Crippen LogP contribution in [0.3, 0.4) is 0 Å². The number of hydrogen-bond acceptors (Lipinski definition) is 4. The normalized spacial score (nSPS) is 16.8. The van der Waals surface area contributed by atoms with Gasteiger partial charge in [0.15, 0.2) is 5.96 Å². The van der Waals surface area contributed by atoms with Crippen molar-refractivity contribution in [2.75, 3.05) is 39.8 Å². The Morgan fingerprint density at radius 1 is 1.21 bits per heavy atom. The van der Waals surface area contributed by atoms with Crippen LogP contribution in [-0.2, 0) is 0 Å². The minimum atomic E-state index is -0.733. The molecule has 1 aromatic carbocycles. The minimum absolute atomic E-state index is 0.262. The van der Waals surface area contributed by atoms with E-state index in [1.54, 1.807) is 7.11 Å². The quantitative estimate of drug-likeness (QED) is 0.423. The number of nitrogens with one attached hydrogen (secondary N) is 2. The van der Waals surface area contributed by atoms with Gasteiger partial charge in [-0.05, 0) is 63.4 Å². The van der Waals surface area contributed by atoms with Gasteiger partial charge in [0.1, 0.15) is 5.75 Å². The Balaban J connectivity index is 2.12. The van der Waals surface area contributed by atoms with Crippen LogP contribution in [0.25, 0.3) is 0 Å². The van der Waals surface area contributed by atoms with Gasteiger partial charge in [-0.15, -0.1) is 0 Å². The van der Waals surface area contributed by atoms with E-state index in [9.17, 15) is 5.11 Å². The third-order valence-corrected chi connectivity index (χ3v) is 5.71. The monoisotopic (exact) mass is 390 g/mol. The first-order chi connectivity index (χ1) is 13.5. The zero-order valence-corrected chi connectivity index (χ0v) is 18.0. The molecule has 1 heterocycles. The highest BCUT2D eigenvalue weighted by Crippen LogP contribution is 2.27. The summed E-state index contributed by atoms with van der Waals surface area (Å²) < 4.78 is 5.43. The molecule has 0 amide bonds. The molecule has 158 valence electrons. The molecule has 1 atom stereocenters. The van der Waals surface area contributed by atoms with Gasteiger partial charge in [-0.1, -0.05) is 26.0 Å². The molecular weight excluding hydrogens is 352 g/mol. The van der Waals surface area contributed by atoms with E-state index < -0.39 is 5.60 Å². The summed E-state index contributed by atoms with van der Waals surface area (Å²) in [5, 5.41) is 17.4. The van der Waals surface area contributed by atoms with E-state index in [0.717, 1.165) is 37.9 Å². The van der Waals surface area contributed by atoms with E-state index in [-0.39, 0.29) is 6.04 Å². The molecule has 28 heavy (non-hydrogen) atoms. The topological polar surface area (TPSA) is 69.1 Å². The summed E-state index contributed by atoms with van der Waals surface area (Å²) in [5.74, 6) is 1.65. The van der Waals surface area contributed by atoms with Crippen LogP contribution in [0.2, 0.25) is 0 Å². The molecule has 0 bridgehead atoms. The van der Waals surface area contributed by atoms with Gasteiger partial charge in [-0.25, -0.2) is 0 Å². The predicted octanol–water partition coefficient (Wildman–Crippen LogP) is 2.94. The smallest absolute Gasteiger partial charge is 0.191 e. The molecule has 0 spiro atoms. The van der Waals surface area contributed by atoms with Crippen LogP contribution in [0.15, 0.2) is 29.3 Å². The Morgan fingerprint density at radius 3 is 2.54 bits per heavy atom. The Hall–Kier alpha value is -1.79. The van der Waals surface area contributed by atoms with Crippen LogP contribution in [0, 0.1) is 0 Å². The number of guanidine groups is 1. The maximum atomic E-state index is 10.5. The van der Waals surface area contributed by atoms with Crippen LogP contribution in [0.4, 0.5) is 0 Å². The number of nitrogens with zero attached hydrogens (tertiary/aromatic N) is 2. The molecule has 1 unspecified atom stereocenters. The van der Waals surface area contributed by atoms with Crippen LogP contribution in [0.5, 0.6) is 5.75 Å². The summed E-state index contributed by atoms with van der Waals surface area (Å²) >= 11 is 0. The van der Waals surface area contributed by atoms with Crippen molar-refractivity contribution >= 4 is 5.96 Å². The largest absolute Gasteiger partial charge is 0.497 e. The molecule has 1 saturated heterocycles. The van der Waals surface area contributed by atoms with Crippen molar-refractivity contribution in [1.29, 1.82) is 0 Å². The number of likely N-dealkylation sites (tertiary alicyclic amines) is 1. The van der Waals surface area contributed by atoms with E-state index in [1.165, 1.54) is 18.4 Å². The molecule has 6 heteroatoms. The number of hydrogen-bond donors (Lipinski definition) is 3. The Morgan fingerprint density at radius 2 is 1.93 bits per heavy atom. The lowest BCUT2D eigenvalue weighted by atomic mass is 9.98. The third-order valence-electron chi connectivity index (χ3n) is 5.71. The number of ether oxygens (including phenoxy) is 1. The predicted molar refractivity (Wildman–Crippen MR) is 116 cm³/mol. The van der Waals surface area contributed by atoms with Crippen molar-refractivity contribution in [3.8, 4) is 5.75 Å². The van der Waals surface area contributed by atoms with E-state index in [2.05, 4.69) is 45.6 Å². The van der Waals surface area contributed by atoms with Gasteiger partial charge in [0.2, 0.25) is 0 Å². The van der Waals surface area contributed by atoms with Crippen molar-refractivity contribution in [1.82, 2.24) is 15.5 Å². The maximum absolute atomic E-state index is 10.5. The first kappa shape index (κ1) is 22.5. The molecule has 6 nitrogen and oxygen atoms in total. The standard InChI is InChI=1S/C22H38N4O2/c1-5-22(27,6-2)17-25-21(23-7-3)24-16-20(26-13-8-9-14-26)18-11-10-12-19(15-18)28-4/h10-12,15,20,27H,5-9,13-14,16-17H2,1-4H3,(H2,23,24,25). The van der Waals surface area contributed by atoms with E-state index >= 15 is 0 Å². The van der Waals surface area contributed by atoms with E-state index in [1.807, 2.05) is 19.9 Å². The molecule has 1 aromatic rings. The summed E-state index contributed by atoms with van der Waals surface area (Å²) in [5.41, 5.74) is 0.520. The van der Waals surface area contributed by atoms with Crippen molar-refractivity contribution in [3.05, 3.63) is 29.8 Å². The molecule has 1 fully saturated rings. The molecule has 0 aliphatic carbocycles. The lowest BCUT2D eigenvalue weighted by Crippen LogP contribution is -2.43. The highest BCUT2D eigenvalue weighted by molar-refractivity contribution is 5.79. The van der Waals surface area contributed by atoms with E-state index in [4.69, 9.17) is 4.74 Å². The average molecular weight is 391 g/mol. The highest BCUT2D eigenvalue weighted by atomic mass is 16.5. The highest BCUT2D eigenvalue weighted by Gasteiger charge is 2.25. The summed E-state index contributed by atoms with van der Waals surface area (Å²) in [7, 11) is 1.71. The van der Waals surface area contributed by atoms with Crippen molar-refractivity contribution in [3.63, 3.8) is 0 Å². The molecule has 3 N–H and O–H groups in total. The van der Waals surface area contributed by atoms with Gasteiger partial charge in [-0.3, -0.25) is 9.89 Å². The third kappa shape index (κ3) is 6.38. The summed E-state index contributed by atoms with van der Waals surface area (Å²) in [6.07, 6.45) is 3.89. The minimum Gasteiger partial charge on any atom is -0.497 e. The molecule has 1 aliphatic rings. The van der Waals surface area contributed by atoms with E-state index in [0.29, 0.717) is 19.4 Å². The lowest BCUT2D eigenvalue weighted by molar-refractivity contribution is 0.0418. The second kappa shape index (κ2) is 11.3. The second-order valence-electron chi connectivity index (χ2n) is 7.54. The lowest BCUT2D eigenvalue weighted by Gasteiger charge is -2.29. The zero-order valence-electron chi connectivity index (χ0n) is 18.0. The fourth-order valence-corrected chi connectivity index (χ4v) is 3.59. The number of aliphatic hydroxyl groups is 1. The van der Waals surface area contributed by atoms with Crippen LogP contribution >= 0.6 is 0 Å². The first-order valence-electron chi connectivity index (χ1n) is 10.7. The SMILES string of the molecule is CCNC(=NCC(O)(CC)CC)NCC(c1cccc(OC)c1)N1CCCC1. The van der Waals surface area contributed by atoms with Crippen LogP contribution in [0.1, 0.15) is 58.1 Å². The van der Waals surface area contributed by atoms with Crippen LogP contribution in [-0.4, -0.2) is 61.4 Å². The molecule has 0 radical (unpaired) electrons. The van der Waals surface area contributed by atoms with Gasteiger partial charge in [-0.2, -0.15) is 0 Å². The molecule has 0 aromatic heterocycles. The number of aliphatic imine (C=N–C) groups is 1. The van der Waals surface area contributed by atoms with Gasteiger partial charge in [0.05, 0.1) is 25.3 Å². The Kier molecular flexibility index (Phi) is 9.06. The number of rotatable bonds is 10. The molecule has 0 saturated carbocycles. The summed E-state index contributed by atoms with van der Waals surface area (Å²) in [6, 6.07) is 8.60. The second-order valence-corrected chi connectivity index (χ2v) is 7.54. The Bertz CT molecular complexity index is 610. The number of benzene rings is 1. The first-order valence-corrected chi connectivity index (χ1v) is 10.7. The summed E-state index contributed by atoms with van der Waals surface area (Å²) in [6.45, 7) is 10.3. The fraction of sp³-hybridized carbons (Fsp3) is 0.682. The fourth-order valence-electron chi connectivity index (χ4n) is 3.59. The van der Waals surface area contributed by atoms with Crippen LogP contribution < -0.4 is 15.4 Å². The van der Waals surface area contributed by atoms with Crippen molar-refractivity contribution in [2.45, 2.75) is 58.1 Å². The Labute approximate surface area is 170 Å².